The molecule has 0 heterocycles. The van der Waals surface area contributed by atoms with Crippen LogP contribution in [0.25, 0.3) is 0 Å². The van der Waals surface area contributed by atoms with E-state index in [1.165, 1.54) is 0 Å². The summed E-state index contributed by atoms with van der Waals surface area (Å²) < 4.78 is 5.17. The summed E-state index contributed by atoms with van der Waals surface area (Å²) in [6.45, 7) is 4.08. The van der Waals surface area contributed by atoms with E-state index < -0.39 is 11.4 Å². The highest BCUT2D eigenvalue weighted by Gasteiger charge is 2.44. The lowest BCUT2D eigenvalue weighted by Crippen LogP contribution is -2.23. The zero-order chi connectivity index (χ0) is 23.6. The third kappa shape index (κ3) is 8.03. The van der Waals surface area contributed by atoms with Gasteiger partial charge in [-0.25, -0.2) is 0 Å². The molecule has 0 amide bonds. The lowest BCUT2D eigenvalue weighted by atomic mass is 9.87. The fraction of sp³-hybridized carbons (Fsp3) is 0.692. The van der Waals surface area contributed by atoms with Gasteiger partial charge in [-0.1, -0.05) is 38.2 Å². The molecule has 1 aromatic carbocycles. The lowest BCUT2D eigenvalue weighted by molar-refractivity contribution is -0.147. The SMILES string of the molecule is CC(C)(CCCCCCc1ccc(O)c(CCCCCCC2(OC=O)CC2)c1O)C(=O)O. The van der Waals surface area contributed by atoms with Crippen LogP contribution in [0.15, 0.2) is 12.1 Å². The second-order valence-electron chi connectivity index (χ2n) is 9.99. The van der Waals surface area contributed by atoms with Gasteiger partial charge in [-0.15, -0.1) is 0 Å². The van der Waals surface area contributed by atoms with Gasteiger partial charge in [0.05, 0.1) is 5.41 Å². The first-order valence-corrected chi connectivity index (χ1v) is 12.1. The van der Waals surface area contributed by atoms with E-state index in [-0.39, 0.29) is 17.1 Å². The number of benzene rings is 1. The van der Waals surface area contributed by atoms with Crippen molar-refractivity contribution in [1.29, 1.82) is 0 Å². The number of ether oxygens (including phenoxy) is 1. The molecule has 180 valence electrons. The Kier molecular flexibility index (Phi) is 9.85. The minimum Gasteiger partial charge on any atom is -0.508 e. The fourth-order valence-electron chi connectivity index (χ4n) is 4.24. The van der Waals surface area contributed by atoms with Crippen LogP contribution in [0, 0.1) is 5.41 Å². The summed E-state index contributed by atoms with van der Waals surface area (Å²) in [6.07, 6.45) is 12.7. The van der Waals surface area contributed by atoms with Crippen LogP contribution in [-0.4, -0.2) is 33.4 Å². The second kappa shape index (κ2) is 12.1. The van der Waals surface area contributed by atoms with Crippen LogP contribution >= 0.6 is 0 Å². The van der Waals surface area contributed by atoms with Gasteiger partial charge in [0.15, 0.2) is 0 Å². The van der Waals surface area contributed by atoms with Crippen molar-refractivity contribution in [2.75, 3.05) is 0 Å². The molecular weight excluding hydrogens is 408 g/mol. The number of aliphatic carboxylic acids is 1. The Morgan fingerprint density at radius 1 is 1.00 bits per heavy atom. The average molecular weight is 449 g/mol. The molecule has 1 aliphatic rings. The number of aryl methyl sites for hydroxylation is 1. The lowest BCUT2D eigenvalue weighted by Gasteiger charge is -2.18. The average Bonchev–Trinajstić information content (AvgIpc) is 3.50. The summed E-state index contributed by atoms with van der Waals surface area (Å²) in [5, 5.41) is 30.0. The van der Waals surface area contributed by atoms with E-state index in [4.69, 9.17) is 9.84 Å². The van der Waals surface area contributed by atoms with Crippen molar-refractivity contribution < 1.29 is 29.6 Å². The zero-order valence-electron chi connectivity index (χ0n) is 19.7. The molecule has 0 saturated heterocycles. The molecule has 1 fully saturated rings. The molecule has 32 heavy (non-hydrogen) atoms. The maximum atomic E-state index is 11.2. The first-order valence-electron chi connectivity index (χ1n) is 12.1. The van der Waals surface area contributed by atoms with Gasteiger partial charge in [-0.2, -0.15) is 0 Å². The van der Waals surface area contributed by atoms with Crippen molar-refractivity contribution in [3.8, 4) is 11.5 Å². The summed E-state index contributed by atoms with van der Waals surface area (Å²) >= 11 is 0. The first kappa shape index (κ1) is 26.0. The van der Waals surface area contributed by atoms with Crippen LogP contribution in [0.4, 0.5) is 0 Å². The quantitative estimate of drug-likeness (QED) is 0.202. The molecule has 0 bridgehead atoms. The zero-order valence-corrected chi connectivity index (χ0v) is 19.7. The van der Waals surface area contributed by atoms with Crippen LogP contribution in [0.3, 0.4) is 0 Å². The van der Waals surface area contributed by atoms with E-state index in [2.05, 4.69) is 0 Å². The predicted molar refractivity (Wildman–Crippen MR) is 124 cm³/mol. The Morgan fingerprint density at radius 2 is 1.62 bits per heavy atom. The number of carboxylic acids is 1. The molecule has 1 saturated carbocycles. The van der Waals surface area contributed by atoms with Crippen molar-refractivity contribution in [2.24, 2.45) is 5.41 Å². The summed E-state index contributed by atoms with van der Waals surface area (Å²) in [6, 6.07) is 3.47. The number of phenolic OH excluding ortho intramolecular Hbond substituents is 2. The molecule has 3 N–H and O–H groups in total. The summed E-state index contributed by atoms with van der Waals surface area (Å²) in [5.41, 5.74) is 0.644. The van der Waals surface area contributed by atoms with Gasteiger partial charge in [0.25, 0.3) is 6.47 Å². The molecule has 1 aliphatic carbocycles. The number of aromatic hydroxyl groups is 2. The number of unbranched alkanes of at least 4 members (excludes halogenated alkanes) is 6. The van der Waals surface area contributed by atoms with Gasteiger partial charge in [0.1, 0.15) is 17.1 Å². The van der Waals surface area contributed by atoms with E-state index in [1.54, 1.807) is 26.0 Å². The topological polar surface area (TPSA) is 104 Å². The Morgan fingerprint density at radius 3 is 2.25 bits per heavy atom. The molecule has 0 unspecified atom stereocenters. The third-order valence-corrected chi connectivity index (χ3v) is 6.83. The monoisotopic (exact) mass is 448 g/mol. The second-order valence-corrected chi connectivity index (χ2v) is 9.99. The van der Waals surface area contributed by atoms with Crippen molar-refractivity contribution in [1.82, 2.24) is 0 Å². The van der Waals surface area contributed by atoms with Crippen molar-refractivity contribution >= 4 is 12.4 Å². The van der Waals surface area contributed by atoms with Crippen molar-refractivity contribution in [3.63, 3.8) is 0 Å². The normalized spacial score (nSPS) is 14.8. The molecular formula is C26H40O6. The summed E-state index contributed by atoms with van der Waals surface area (Å²) in [4.78, 5) is 21.7. The molecule has 0 spiro atoms. The van der Waals surface area contributed by atoms with E-state index in [1.807, 2.05) is 0 Å². The minimum absolute atomic E-state index is 0.151. The van der Waals surface area contributed by atoms with Gasteiger partial charge in [0, 0.05) is 5.56 Å². The number of hydrogen-bond acceptors (Lipinski definition) is 5. The Hall–Kier alpha value is -2.24. The standard InChI is InChI=1S/C26H40O6/c1-25(2,24(30)31)15-9-5-3-7-11-20-13-14-22(28)21(23(20)29)12-8-4-6-10-16-26(17-18-26)32-19-27/h13-14,19,28-29H,3-12,15-18H2,1-2H3,(H,30,31). The number of carboxylic acid groups (broad SMARTS) is 1. The highest BCUT2D eigenvalue weighted by Crippen LogP contribution is 2.43. The molecule has 1 aromatic rings. The molecule has 6 heteroatoms. The number of hydrogen-bond donors (Lipinski definition) is 3. The maximum absolute atomic E-state index is 11.2. The fourth-order valence-corrected chi connectivity index (χ4v) is 4.24. The smallest absolute Gasteiger partial charge is 0.309 e. The molecule has 0 aromatic heterocycles. The van der Waals surface area contributed by atoms with Gasteiger partial charge in [0.2, 0.25) is 0 Å². The highest BCUT2D eigenvalue weighted by atomic mass is 16.5. The van der Waals surface area contributed by atoms with E-state index in [0.29, 0.717) is 24.9 Å². The first-order chi connectivity index (χ1) is 15.2. The molecule has 0 radical (unpaired) electrons. The molecule has 2 rings (SSSR count). The highest BCUT2D eigenvalue weighted by molar-refractivity contribution is 5.73. The third-order valence-electron chi connectivity index (χ3n) is 6.83. The number of carbonyl (C=O) groups is 2. The Balaban J connectivity index is 1.67. The number of phenols is 2. The van der Waals surface area contributed by atoms with Crippen LogP contribution in [-0.2, 0) is 27.2 Å². The number of rotatable bonds is 17. The minimum atomic E-state index is -0.752. The van der Waals surface area contributed by atoms with Crippen LogP contribution < -0.4 is 0 Å². The number of carbonyl (C=O) groups excluding carboxylic acids is 1. The van der Waals surface area contributed by atoms with Crippen molar-refractivity contribution in [2.45, 2.75) is 109 Å². The van der Waals surface area contributed by atoms with Gasteiger partial charge in [-0.3, -0.25) is 9.59 Å². The maximum Gasteiger partial charge on any atom is 0.309 e. The summed E-state index contributed by atoms with van der Waals surface area (Å²) in [5.74, 6) is -0.385. The molecule has 0 atom stereocenters. The Bertz CT molecular complexity index is 751. The van der Waals surface area contributed by atoms with Crippen LogP contribution in [0.2, 0.25) is 0 Å². The largest absolute Gasteiger partial charge is 0.508 e. The van der Waals surface area contributed by atoms with Crippen LogP contribution in [0.5, 0.6) is 11.5 Å². The van der Waals surface area contributed by atoms with E-state index in [9.17, 15) is 19.8 Å². The molecule has 0 aliphatic heterocycles. The van der Waals surface area contributed by atoms with Gasteiger partial charge < -0.3 is 20.1 Å². The van der Waals surface area contributed by atoms with Gasteiger partial charge in [-0.05, 0) is 83.3 Å². The predicted octanol–water partition coefficient (Wildman–Crippen LogP) is 5.90. The van der Waals surface area contributed by atoms with Crippen LogP contribution in [0.1, 0.15) is 102 Å². The molecule has 6 nitrogen and oxygen atoms in total. The van der Waals surface area contributed by atoms with Gasteiger partial charge >= 0.3 is 5.97 Å². The summed E-state index contributed by atoms with van der Waals surface area (Å²) in [7, 11) is 0. The van der Waals surface area contributed by atoms with E-state index in [0.717, 1.165) is 82.6 Å². The van der Waals surface area contributed by atoms with E-state index >= 15 is 0 Å². The van der Waals surface area contributed by atoms with Crippen molar-refractivity contribution in [3.05, 3.63) is 23.3 Å². The Labute approximate surface area is 192 Å².